The minimum Gasteiger partial charge on any atom is -0.422 e. The highest BCUT2D eigenvalue weighted by atomic mass is 35.5. The summed E-state index contributed by atoms with van der Waals surface area (Å²) < 4.78 is 6.99. The van der Waals surface area contributed by atoms with Gasteiger partial charge >= 0.3 is 5.97 Å². The molecule has 34 heavy (non-hydrogen) atoms. The normalized spacial score (nSPS) is 14.9. The third kappa shape index (κ3) is 4.65. The molecule has 1 fully saturated rings. The third-order valence-corrected chi connectivity index (χ3v) is 8.20. The maximum atomic E-state index is 12.9. The smallest absolute Gasteiger partial charge is 0.355 e. The van der Waals surface area contributed by atoms with E-state index < -0.39 is 5.97 Å². The standard InChI is InChI=1S/C26H16ClNO3S3/c27-22-19-8-4-5-9-20(19)33-23(22)25(30)31-18-12-10-16(11-13-18)14-21-24(29)28(26(32)34-21)15-17-6-2-1-3-7-17/h1-14H,15H2. The summed E-state index contributed by atoms with van der Waals surface area (Å²) in [6, 6.07) is 24.3. The lowest BCUT2D eigenvalue weighted by molar-refractivity contribution is -0.122. The predicted octanol–water partition coefficient (Wildman–Crippen LogP) is 7.18. The zero-order valence-corrected chi connectivity index (χ0v) is 20.8. The fourth-order valence-electron chi connectivity index (χ4n) is 3.48. The molecule has 0 N–H and O–H groups in total. The second-order valence-electron chi connectivity index (χ2n) is 7.45. The third-order valence-electron chi connectivity index (χ3n) is 5.17. The Balaban J connectivity index is 1.28. The molecule has 4 nitrogen and oxygen atoms in total. The molecule has 0 unspecified atom stereocenters. The molecule has 1 aliphatic heterocycles. The van der Waals surface area contributed by atoms with E-state index in [0.717, 1.165) is 21.2 Å². The van der Waals surface area contributed by atoms with Gasteiger partial charge < -0.3 is 4.74 Å². The number of fused-ring (bicyclic) bond motifs is 1. The minimum atomic E-state index is -0.499. The lowest BCUT2D eigenvalue weighted by Gasteiger charge is -2.14. The van der Waals surface area contributed by atoms with Crippen LogP contribution in [0.1, 0.15) is 20.8 Å². The molecule has 1 amide bonds. The number of thiophene rings is 1. The highest BCUT2D eigenvalue weighted by Gasteiger charge is 2.31. The zero-order chi connectivity index (χ0) is 23.7. The Morgan fingerprint density at radius 1 is 1.00 bits per heavy atom. The quantitative estimate of drug-likeness (QED) is 0.120. The van der Waals surface area contributed by atoms with Crippen molar-refractivity contribution < 1.29 is 14.3 Å². The molecule has 0 radical (unpaired) electrons. The Kier molecular flexibility index (Phi) is 6.52. The number of carbonyl (C=O) groups excluding carboxylic acids is 2. The summed E-state index contributed by atoms with van der Waals surface area (Å²) in [7, 11) is 0. The maximum Gasteiger partial charge on any atom is 0.355 e. The van der Waals surface area contributed by atoms with Crippen LogP contribution in [0, 0.1) is 0 Å². The highest BCUT2D eigenvalue weighted by Crippen LogP contribution is 2.36. The van der Waals surface area contributed by atoms with Gasteiger partial charge in [-0.15, -0.1) is 11.3 Å². The first-order valence-electron chi connectivity index (χ1n) is 10.3. The lowest BCUT2D eigenvalue weighted by Crippen LogP contribution is -2.27. The molecular weight excluding hydrogens is 506 g/mol. The molecule has 2 heterocycles. The number of carbonyl (C=O) groups is 2. The van der Waals surface area contributed by atoms with E-state index in [4.69, 9.17) is 28.6 Å². The van der Waals surface area contributed by atoms with Crippen LogP contribution in [-0.2, 0) is 11.3 Å². The van der Waals surface area contributed by atoms with Crippen LogP contribution in [0.4, 0.5) is 0 Å². The molecule has 3 aromatic carbocycles. The predicted molar refractivity (Wildman–Crippen MR) is 143 cm³/mol. The van der Waals surface area contributed by atoms with Gasteiger partial charge in [-0.2, -0.15) is 0 Å². The van der Waals surface area contributed by atoms with E-state index in [1.54, 1.807) is 35.2 Å². The van der Waals surface area contributed by atoms with Crippen LogP contribution >= 0.6 is 46.9 Å². The van der Waals surface area contributed by atoms with Gasteiger partial charge in [0.2, 0.25) is 0 Å². The maximum absolute atomic E-state index is 12.9. The van der Waals surface area contributed by atoms with Gasteiger partial charge in [-0.05, 0) is 35.4 Å². The number of nitrogens with zero attached hydrogens (tertiary/aromatic N) is 1. The molecule has 5 rings (SSSR count). The Morgan fingerprint density at radius 3 is 2.44 bits per heavy atom. The molecular formula is C26H16ClNO3S3. The van der Waals surface area contributed by atoms with Gasteiger partial charge in [-0.1, -0.05) is 96.2 Å². The van der Waals surface area contributed by atoms with Crippen molar-refractivity contribution in [2.75, 3.05) is 0 Å². The van der Waals surface area contributed by atoms with Crippen molar-refractivity contribution in [1.29, 1.82) is 0 Å². The number of thioether (sulfide) groups is 1. The van der Waals surface area contributed by atoms with Crippen LogP contribution in [0.2, 0.25) is 5.02 Å². The number of hydrogen-bond acceptors (Lipinski definition) is 6. The van der Waals surface area contributed by atoms with Crippen molar-refractivity contribution in [3.63, 3.8) is 0 Å². The summed E-state index contributed by atoms with van der Waals surface area (Å²) in [6.45, 7) is 0.442. The average molecular weight is 522 g/mol. The molecule has 0 spiro atoms. The van der Waals surface area contributed by atoms with E-state index in [1.165, 1.54) is 23.1 Å². The Hall–Kier alpha value is -2.97. The molecule has 1 aliphatic rings. The van der Waals surface area contributed by atoms with E-state index in [2.05, 4.69) is 0 Å². The van der Waals surface area contributed by atoms with Crippen LogP contribution in [0.15, 0.2) is 83.8 Å². The second kappa shape index (κ2) is 9.72. The fraction of sp³-hybridized carbons (Fsp3) is 0.0385. The first-order chi connectivity index (χ1) is 16.5. The van der Waals surface area contributed by atoms with Gasteiger partial charge in [0.1, 0.15) is 14.9 Å². The number of amides is 1. The SMILES string of the molecule is O=C(Oc1ccc(C=C2SC(=S)N(Cc3ccccc3)C2=O)cc1)c1sc2ccccc2c1Cl. The van der Waals surface area contributed by atoms with Crippen LogP contribution < -0.4 is 4.74 Å². The highest BCUT2D eigenvalue weighted by molar-refractivity contribution is 8.26. The monoisotopic (exact) mass is 521 g/mol. The Bertz CT molecular complexity index is 1450. The minimum absolute atomic E-state index is 0.117. The molecule has 1 saturated heterocycles. The van der Waals surface area contributed by atoms with Crippen molar-refractivity contribution in [1.82, 2.24) is 4.90 Å². The zero-order valence-electron chi connectivity index (χ0n) is 17.6. The lowest BCUT2D eigenvalue weighted by atomic mass is 10.2. The molecule has 8 heteroatoms. The average Bonchev–Trinajstić information content (AvgIpc) is 3.32. The molecule has 168 valence electrons. The van der Waals surface area contributed by atoms with Crippen molar-refractivity contribution in [3.8, 4) is 5.75 Å². The van der Waals surface area contributed by atoms with Gasteiger partial charge in [0.05, 0.1) is 16.5 Å². The van der Waals surface area contributed by atoms with Gasteiger partial charge in [0.15, 0.2) is 0 Å². The molecule has 0 atom stereocenters. The molecule has 0 aliphatic carbocycles. The van der Waals surface area contributed by atoms with E-state index in [0.29, 0.717) is 31.4 Å². The van der Waals surface area contributed by atoms with Gasteiger partial charge in [-0.3, -0.25) is 9.69 Å². The molecule has 0 saturated carbocycles. The largest absolute Gasteiger partial charge is 0.422 e. The molecule has 0 bridgehead atoms. The number of rotatable bonds is 5. The van der Waals surface area contributed by atoms with Crippen molar-refractivity contribution in [3.05, 3.63) is 105 Å². The number of halogens is 1. The first-order valence-corrected chi connectivity index (χ1v) is 12.7. The number of thiocarbonyl (C=S) groups is 1. The van der Waals surface area contributed by atoms with E-state index in [9.17, 15) is 9.59 Å². The van der Waals surface area contributed by atoms with Crippen LogP contribution in [0.3, 0.4) is 0 Å². The van der Waals surface area contributed by atoms with Gasteiger partial charge in [-0.25, -0.2) is 4.79 Å². The van der Waals surface area contributed by atoms with Crippen molar-refractivity contribution >= 4 is 79.3 Å². The summed E-state index contributed by atoms with van der Waals surface area (Å²) in [4.78, 5) is 28.1. The molecule has 1 aromatic heterocycles. The summed E-state index contributed by atoms with van der Waals surface area (Å²) >= 11 is 14.4. The number of benzene rings is 3. The van der Waals surface area contributed by atoms with Crippen LogP contribution in [0.25, 0.3) is 16.2 Å². The summed E-state index contributed by atoms with van der Waals surface area (Å²) in [5.41, 5.74) is 1.82. The summed E-state index contributed by atoms with van der Waals surface area (Å²) in [5.74, 6) is -0.221. The second-order valence-corrected chi connectivity index (χ2v) is 10.6. The summed E-state index contributed by atoms with van der Waals surface area (Å²) in [6.07, 6.45) is 1.79. The molecule has 4 aromatic rings. The van der Waals surface area contributed by atoms with E-state index in [-0.39, 0.29) is 5.91 Å². The number of hydrogen-bond donors (Lipinski definition) is 0. The van der Waals surface area contributed by atoms with Crippen molar-refractivity contribution in [2.24, 2.45) is 0 Å². The van der Waals surface area contributed by atoms with E-state index >= 15 is 0 Å². The fourth-order valence-corrected chi connectivity index (χ4v) is 6.12. The first kappa shape index (κ1) is 22.8. The number of ether oxygens (including phenoxy) is 1. The topological polar surface area (TPSA) is 46.6 Å². The Morgan fingerprint density at radius 2 is 1.71 bits per heavy atom. The summed E-state index contributed by atoms with van der Waals surface area (Å²) in [5, 5.41) is 1.24. The van der Waals surface area contributed by atoms with Gasteiger partial charge in [0, 0.05) is 10.1 Å². The Labute approximate surface area is 214 Å². The van der Waals surface area contributed by atoms with Crippen molar-refractivity contribution in [2.45, 2.75) is 6.54 Å². The van der Waals surface area contributed by atoms with Crippen LogP contribution in [0.5, 0.6) is 5.75 Å². The number of esters is 1. The van der Waals surface area contributed by atoms with Gasteiger partial charge in [0.25, 0.3) is 5.91 Å². The van der Waals surface area contributed by atoms with Crippen LogP contribution in [-0.4, -0.2) is 21.1 Å². The van der Waals surface area contributed by atoms with E-state index in [1.807, 2.05) is 54.6 Å².